The van der Waals surface area contributed by atoms with E-state index in [0.29, 0.717) is 12.5 Å². The maximum absolute atomic E-state index is 12.7. The van der Waals surface area contributed by atoms with Gasteiger partial charge in [0.05, 0.1) is 17.9 Å². The van der Waals surface area contributed by atoms with Crippen molar-refractivity contribution in [3.63, 3.8) is 0 Å². The van der Waals surface area contributed by atoms with Crippen LogP contribution in [0.25, 0.3) is 0 Å². The molecule has 2 rings (SSSR count). The van der Waals surface area contributed by atoms with Gasteiger partial charge in [-0.3, -0.25) is 9.59 Å². The van der Waals surface area contributed by atoms with Gasteiger partial charge in [0.25, 0.3) is 0 Å². The van der Waals surface area contributed by atoms with Crippen molar-refractivity contribution in [2.45, 2.75) is 51.0 Å². The van der Waals surface area contributed by atoms with Crippen LogP contribution in [0, 0.1) is 11.8 Å². The molecule has 2 fully saturated rings. The van der Waals surface area contributed by atoms with Gasteiger partial charge in [-0.1, -0.05) is 26.2 Å². The first-order valence-corrected chi connectivity index (χ1v) is 7.66. The number of hydrogen-bond acceptors (Lipinski definition) is 3. The smallest absolute Gasteiger partial charge is 0.305 e. The zero-order valence-corrected chi connectivity index (χ0v) is 12.5. The van der Waals surface area contributed by atoms with Gasteiger partial charge in [-0.15, -0.1) is 0 Å². The van der Waals surface area contributed by atoms with Crippen molar-refractivity contribution in [3.05, 3.63) is 0 Å². The Morgan fingerprint density at radius 3 is 2.40 bits per heavy atom. The number of carboxylic acid groups (broad SMARTS) is 1. The molecule has 1 amide bonds. The van der Waals surface area contributed by atoms with Gasteiger partial charge < -0.3 is 15.3 Å². The minimum Gasteiger partial charge on any atom is -0.481 e. The summed E-state index contributed by atoms with van der Waals surface area (Å²) in [4.78, 5) is 25.7. The molecule has 1 heterocycles. The highest BCUT2D eigenvalue weighted by Gasteiger charge is 2.43. The second-order valence-corrected chi connectivity index (χ2v) is 6.49. The lowest BCUT2D eigenvalue weighted by molar-refractivity contribution is -0.148. The third-order valence-corrected chi connectivity index (χ3v) is 5.14. The van der Waals surface area contributed by atoms with E-state index in [0.717, 1.165) is 38.6 Å². The van der Waals surface area contributed by atoms with Crippen molar-refractivity contribution >= 4 is 11.9 Å². The van der Waals surface area contributed by atoms with E-state index < -0.39 is 11.5 Å². The molecule has 1 aliphatic heterocycles. The Labute approximate surface area is 120 Å². The minimum atomic E-state index is -0.802. The van der Waals surface area contributed by atoms with Crippen LogP contribution in [0.4, 0.5) is 0 Å². The lowest BCUT2D eigenvalue weighted by Crippen LogP contribution is -2.54. The van der Waals surface area contributed by atoms with Gasteiger partial charge in [0.2, 0.25) is 5.91 Å². The van der Waals surface area contributed by atoms with E-state index in [1.54, 1.807) is 4.90 Å². The van der Waals surface area contributed by atoms with Crippen LogP contribution in [-0.2, 0) is 9.59 Å². The summed E-state index contributed by atoms with van der Waals surface area (Å²) in [5.41, 5.74) is -0.469. The van der Waals surface area contributed by atoms with Crippen LogP contribution in [0.15, 0.2) is 0 Å². The van der Waals surface area contributed by atoms with Crippen molar-refractivity contribution in [1.29, 1.82) is 0 Å². The molecule has 2 unspecified atom stereocenters. The summed E-state index contributed by atoms with van der Waals surface area (Å²) in [5.74, 6) is -0.363. The van der Waals surface area contributed by atoms with E-state index in [-0.39, 0.29) is 18.2 Å². The first-order valence-electron chi connectivity index (χ1n) is 7.66. The third-order valence-electron chi connectivity index (χ3n) is 5.14. The minimum absolute atomic E-state index is 0.00686. The molecule has 0 bridgehead atoms. The van der Waals surface area contributed by atoms with Crippen LogP contribution in [-0.4, -0.2) is 47.6 Å². The summed E-state index contributed by atoms with van der Waals surface area (Å²) in [7, 11) is 1.81. The molecular formula is C15H26N2O3. The first kappa shape index (κ1) is 15.3. The number of rotatable bonds is 4. The van der Waals surface area contributed by atoms with Crippen LogP contribution in [0.5, 0.6) is 0 Å². The highest BCUT2D eigenvalue weighted by atomic mass is 16.4. The number of carboxylic acids is 1. The van der Waals surface area contributed by atoms with E-state index >= 15 is 0 Å². The fourth-order valence-corrected chi connectivity index (χ4v) is 3.75. The Bertz CT molecular complexity index is 377. The van der Waals surface area contributed by atoms with Crippen LogP contribution >= 0.6 is 0 Å². The summed E-state index contributed by atoms with van der Waals surface area (Å²) in [6.07, 6.45) is 4.88. The molecule has 0 aromatic heterocycles. The molecule has 1 saturated carbocycles. The molecule has 20 heavy (non-hydrogen) atoms. The average molecular weight is 282 g/mol. The van der Waals surface area contributed by atoms with E-state index in [4.69, 9.17) is 0 Å². The normalized spacial score (nSPS) is 29.1. The fourth-order valence-electron chi connectivity index (χ4n) is 3.75. The largest absolute Gasteiger partial charge is 0.481 e. The Hall–Kier alpha value is -1.10. The number of nitrogens with zero attached hydrogens (tertiary/aromatic N) is 1. The van der Waals surface area contributed by atoms with Gasteiger partial charge in [-0.2, -0.15) is 0 Å². The molecule has 5 heteroatoms. The zero-order valence-electron chi connectivity index (χ0n) is 12.5. The van der Waals surface area contributed by atoms with Gasteiger partial charge in [0, 0.05) is 13.6 Å². The molecule has 0 aromatic rings. The maximum atomic E-state index is 12.7. The Kier molecular flexibility index (Phi) is 4.68. The predicted molar refractivity (Wildman–Crippen MR) is 76.4 cm³/mol. The second-order valence-electron chi connectivity index (χ2n) is 6.49. The lowest BCUT2D eigenvalue weighted by atomic mass is 9.77. The van der Waals surface area contributed by atoms with Crippen molar-refractivity contribution in [2.75, 3.05) is 20.1 Å². The number of hydrogen-bond donors (Lipinski definition) is 2. The van der Waals surface area contributed by atoms with Crippen molar-refractivity contribution in [2.24, 2.45) is 11.8 Å². The molecule has 2 N–H and O–H groups in total. The van der Waals surface area contributed by atoms with Gasteiger partial charge >= 0.3 is 5.97 Å². The molecule has 5 nitrogen and oxygen atoms in total. The molecule has 2 atom stereocenters. The van der Waals surface area contributed by atoms with E-state index in [1.807, 2.05) is 7.05 Å². The summed E-state index contributed by atoms with van der Waals surface area (Å²) in [6, 6.07) is 0. The fraction of sp³-hybridized carbons (Fsp3) is 0.867. The first-order chi connectivity index (χ1) is 9.46. The quantitative estimate of drug-likeness (QED) is 0.819. The van der Waals surface area contributed by atoms with E-state index in [1.165, 1.54) is 0 Å². The van der Waals surface area contributed by atoms with Crippen LogP contribution in [0.2, 0.25) is 0 Å². The topological polar surface area (TPSA) is 69.6 Å². The Morgan fingerprint density at radius 1 is 1.25 bits per heavy atom. The highest BCUT2D eigenvalue weighted by molar-refractivity contribution is 5.81. The highest BCUT2D eigenvalue weighted by Crippen LogP contribution is 2.37. The summed E-state index contributed by atoms with van der Waals surface area (Å²) >= 11 is 0. The van der Waals surface area contributed by atoms with Crippen molar-refractivity contribution in [3.8, 4) is 0 Å². The van der Waals surface area contributed by atoms with Crippen molar-refractivity contribution < 1.29 is 14.7 Å². The standard InChI is InChI=1S/C15H26N2O3/c1-11-9-16-10-12(11)14(20)17(2)15(8-13(18)19)6-4-3-5-7-15/h11-12,16H,3-10H2,1-2H3,(H,18,19). The number of carbonyl (C=O) groups is 2. The zero-order chi connectivity index (χ0) is 14.8. The van der Waals surface area contributed by atoms with Crippen LogP contribution < -0.4 is 5.32 Å². The number of amides is 1. The van der Waals surface area contributed by atoms with Crippen LogP contribution in [0.3, 0.4) is 0 Å². The molecule has 1 aliphatic carbocycles. The molecular weight excluding hydrogens is 256 g/mol. The number of aliphatic carboxylic acids is 1. The molecule has 0 aromatic carbocycles. The predicted octanol–water partition coefficient (Wildman–Crippen LogP) is 1.48. The van der Waals surface area contributed by atoms with Crippen LogP contribution in [0.1, 0.15) is 45.4 Å². The summed E-state index contributed by atoms with van der Waals surface area (Å²) in [6.45, 7) is 3.67. The molecule has 0 spiro atoms. The second kappa shape index (κ2) is 6.12. The maximum Gasteiger partial charge on any atom is 0.305 e. The number of carbonyl (C=O) groups excluding carboxylic acids is 1. The van der Waals surface area contributed by atoms with Crippen molar-refractivity contribution in [1.82, 2.24) is 10.2 Å². The van der Waals surface area contributed by atoms with E-state index in [2.05, 4.69) is 12.2 Å². The monoisotopic (exact) mass is 282 g/mol. The Balaban J connectivity index is 2.15. The van der Waals surface area contributed by atoms with Gasteiger partial charge in [0.15, 0.2) is 0 Å². The lowest BCUT2D eigenvalue weighted by Gasteiger charge is -2.45. The molecule has 0 radical (unpaired) electrons. The number of nitrogens with one attached hydrogen (secondary N) is 1. The summed E-state index contributed by atoms with van der Waals surface area (Å²) in [5, 5.41) is 12.5. The molecule has 1 saturated heterocycles. The molecule has 114 valence electrons. The SMILES string of the molecule is CC1CNCC1C(=O)N(C)C1(CC(=O)O)CCCCC1. The summed E-state index contributed by atoms with van der Waals surface area (Å²) < 4.78 is 0. The van der Waals surface area contributed by atoms with Gasteiger partial charge in [-0.05, 0) is 25.3 Å². The Morgan fingerprint density at radius 2 is 1.90 bits per heavy atom. The van der Waals surface area contributed by atoms with Gasteiger partial charge in [-0.25, -0.2) is 0 Å². The molecule has 2 aliphatic rings. The van der Waals surface area contributed by atoms with Gasteiger partial charge in [0.1, 0.15) is 0 Å². The average Bonchev–Trinajstić information content (AvgIpc) is 2.83. The van der Waals surface area contributed by atoms with E-state index in [9.17, 15) is 14.7 Å². The third kappa shape index (κ3) is 2.97.